The average Bonchev–Trinajstić information content (AvgIpc) is 3.15. The highest BCUT2D eigenvalue weighted by Gasteiger charge is 2.28. The molecule has 0 spiro atoms. The summed E-state index contributed by atoms with van der Waals surface area (Å²) in [7, 11) is 0. The van der Waals surface area contributed by atoms with Crippen LogP contribution in [0.15, 0.2) is 53.1 Å². The van der Waals surface area contributed by atoms with Crippen LogP contribution in [0.5, 0.6) is 0 Å². The van der Waals surface area contributed by atoms with Crippen LogP contribution in [0.2, 0.25) is 0 Å². The van der Waals surface area contributed by atoms with Crippen LogP contribution in [0.1, 0.15) is 37.0 Å². The van der Waals surface area contributed by atoms with Crippen molar-refractivity contribution in [3.63, 3.8) is 0 Å². The predicted octanol–water partition coefficient (Wildman–Crippen LogP) is 3.63. The normalized spacial score (nSPS) is 19.7. The number of carboxylic acid groups (broad SMARTS) is 1. The van der Waals surface area contributed by atoms with Crippen LogP contribution >= 0.6 is 0 Å². The summed E-state index contributed by atoms with van der Waals surface area (Å²) in [6.45, 7) is 0.871. The summed E-state index contributed by atoms with van der Waals surface area (Å²) >= 11 is 0. The number of rotatable bonds is 6. The van der Waals surface area contributed by atoms with Crippen LogP contribution in [0.25, 0.3) is 0 Å². The summed E-state index contributed by atoms with van der Waals surface area (Å²) in [6, 6.07) is 13.3. The zero-order valence-electron chi connectivity index (χ0n) is 14.6. The third-order valence-electron chi connectivity index (χ3n) is 4.83. The van der Waals surface area contributed by atoms with Gasteiger partial charge in [0, 0.05) is 12.6 Å². The molecular weight excluding hydrogens is 332 g/mol. The lowest BCUT2D eigenvalue weighted by atomic mass is 9.86. The number of furan rings is 1. The number of benzene rings is 1. The van der Waals surface area contributed by atoms with Gasteiger partial charge in [-0.05, 0) is 43.4 Å². The topological polar surface area (TPSA) is 82.8 Å². The molecule has 6 nitrogen and oxygen atoms in total. The molecule has 2 N–H and O–H groups in total. The van der Waals surface area contributed by atoms with Crippen molar-refractivity contribution in [2.24, 2.45) is 5.92 Å². The highest BCUT2D eigenvalue weighted by molar-refractivity contribution is 5.74. The lowest BCUT2D eigenvalue weighted by molar-refractivity contribution is -0.142. The molecule has 0 radical (unpaired) electrons. The van der Waals surface area contributed by atoms with Crippen LogP contribution in [0, 0.1) is 5.92 Å². The van der Waals surface area contributed by atoms with Crippen molar-refractivity contribution in [1.82, 2.24) is 10.2 Å². The first kappa shape index (κ1) is 18.0. The van der Waals surface area contributed by atoms with E-state index in [4.69, 9.17) is 9.52 Å². The number of hydrogen-bond donors (Lipinski definition) is 2. The Balaban J connectivity index is 1.62. The van der Waals surface area contributed by atoms with Crippen molar-refractivity contribution >= 4 is 12.0 Å². The fraction of sp³-hybridized carbons (Fsp3) is 0.400. The number of urea groups is 1. The molecule has 0 unspecified atom stereocenters. The van der Waals surface area contributed by atoms with E-state index in [0.29, 0.717) is 38.8 Å². The third-order valence-corrected chi connectivity index (χ3v) is 4.83. The number of aliphatic carboxylic acids is 1. The van der Waals surface area contributed by atoms with Crippen molar-refractivity contribution in [2.75, 3.05) is 0 Å². The number of amides is 2. The second-order valence-corrected chi connectivity index (χ2v) is 6.76. The Morgan fingerprint density at radius 2 is 1.77 bits per heavy atom. The average molecular weight is 356 g/mol. The Labute approximate surface area is 152 Å². The molecule has 6 heteroatoms. The Morgan fingerprint density at radius 3 is 2.38 bits per heavy atom. The van der Waals surface area contributed by atoms with Crippen molar-refractivity contribution < 1.29 is 19.1 Å². The van der Waals surface area contributed by atoms with Crippen LogP contribution in [0.4, 0.5) is 4.79 Å². The maximum Gasteiger partial charge on any atom is 0.318 e. The van der Waals surface area contributed by atoms with Gasteiger partial charge in [0.15, 0.2) is 0 Å². The SMILES string of the molecule is O=C(O)C1CCC(NC(=O)N(Cc2ccccc2)Cc2ccco2)CC1. The highest BCUT2D eigenvalue weighted by Crippen LogP contribution is 2.24. The molecule has 1 aromatic heterocycles. The van der Waals surface area contributed by atoms with Crippen LogP contribution in [-0.2, 0) is 17.9 Å². The van der Waals surface area contributed by atoms with E-state index >= 15 is 0 Å². The van der Waals surface area contributed by atoms with Gasteiger partial charge >= 0.3 is 12.0 Å². The smallest absolute Gasteiger partial charge is 0.318 e. The van der Waals surface area contributed by atoms with E-state index in [0.717, 1.165) is 11.3 Å². The van der Waals surface area contributed by atoms with Gasteiger partial charge in [0.2, 0.25) is 0 Å². The van der Waals surface area contributed by atoms with E-state index in [1.807, 2.05) is 36.4 Å². The fourth-order valence-electron chi connectivity index (χ4n) is 3.34. The second-order valence-electron chi connectivity index (χ2n) is 6.76. The van der Waals surface area contributed by atoms with Crippen molar-refractivity contribution in [3.8, 4) is 0 Å². The quantitative estimate of drug-likeness (QED) is 0.828. The first-order chi connectivity index (χ1) is 12.6. The number of nitrogens with zero attached hydrogens (tertiary/aromatic N) is 1. The molecule has 0 saturated heterocycles. The van der Waals surface area contributed by atoms with E-state index in [1.54, 1.807) is 17.2 Å². The first-order valence-corrected chi connectivity index (χ1v) is 8.96. The Hall–Kier alpha value is -2.76. The predicted molar refractivity (Wildman–Crippen MR) is 96.3 cm³/mol. The molecule has 0 atom stereocenters. The van der Waals surface area contributed by atoms with Gasteiger partial charge in [-0.25, -0.2) is 4.79 Å². The zero-order valence-corrected chi connectivity index (χ0v) is 14.6. The summed E-state index contributed by atoms with van der Waals surface area (Å²) in [6.07, 6.45) is 4.21. The van der Waals surface area contributed by atoms with Crippen molar-refractivity contribution in [2.45, 2.75) is 44.8 Å². The van der Waals surface area contributed by atoms with Gasteiger partial charge in [-0.3, -0.25) is 4.79 Å². The fourth-order valence-corrected chi connectivity index (χ4v) is 3.34. The maximum atomic E-state index is 12.8. The van der Waals surface area contributed by atoms with Gasteiger partial charge in [0.1, 0.15) is 5.76 Å². The minimum atomic E-state index is -0.738. The van der Waals surface area contributed by atoms with Gasteiger partial charge in [-0.15, -0.1) is 0 Å². The Kier molecular flexibility index (Phi) is 5.94. The van der Waals surface area contributed by atoms with E-state index in [-0.39, 0.29) is 18.0 Å². The molecule has 1 saturated carbocycles. The summed E-state index contributed by atoms with van der Waals surface area (Å²) in [5, 5.41) is 12.2. The van der Waals surface area contributed by atoms with Gasteiger partial charge < -0.3 is 19.7 Å². The minimum Gasteiger partial charge on any atom is -0.481 e. The standard InChI is InChI=1S/C20H24N2O4/c23-19(24)16-8-10-17(11-9-16)21-20(25)22(14-18-7-4-12-26-18)13-15-5-2-1-3-6-15/h1-7,12,16-17H,8-11,13-14H2,(H,21,25)(H,23,24). The molecule has 1 aliphatic carbocycles. The van der Waals surface area contributed by atoms with E-state index < -0.39 is 5.97 Å². The lowest BCUT2D eigenvalue weighted by Gasteiger charge is -2.30. The summed E-state index contributed by atoms with van der Waals surface area (Å²) < 4.78 is 5.40. The summed E-state index contributed by atoms with van der Waals surface area (Å²) in [4.78, 5) is 25.6. The molecule has 0 bridgehead atoms. The molecule has 1 aliphatic rings. The van der Waals surface area contributed by atoms with Gasteiger partial charge in [0.05, 0.1) is 18.7 Å². The van der Waals surface area contributed by atoms with E-state index in [1.165, 1.54) is 0 Å². The molecule has 26 heavy (non-hydrogen) atoms. The largest absolute Gasteiger partial charge is 0.481 e. The molecular formula is C20H24N2O4. The van der Waals surface area contributed by atoms with E-state index in [2.05, 4.69) is 5.32 Å². The van der Waals surface area contributed by atoms with Gasteiger partial charge in [-0.2, -0.15) is 0 Å². The summed E-state index contributed by atoms with van der Waals surface area (Å²) in [5.74, 6) is -0.296. The van der Waals surface area contributed by atoms with Crippen LogP contribution in [-0.4, -0.2) is 28.0 Å². The molecule has 1 aromatic carbocycles. The number of nitrogens with one attached hydrogen (secondary N) is 1. The second kappa shape index (κ2) is 8.56. The van der Waals surface area contributed by atoms with Gasteiger partial charge in [-0.1, -0.05) is 30.3 Å². The van der Waals surface area contributed by atoms with E-state index in [9.17, 15) is 9.59 Å². The number of carbonyl (C=O) groups is 2. The van der Waals surface area contributed by atoms with Crippen molar-refractivity contribution in [3.05, 3.63) is 60.1 Å². The third kappa shape index (κ3) is 4.88. The molecule has 3 rings (SSSR count). The number of hydrogen-bond acceptors (Lipinski definition) is 3. The number of carbonyl (C=O) groups excluding carboxylic acids is 1. The Bertz CT molecular complexity index is 707. The maximum absolute atomic E-state index is 12.8. The molecule has 1 heterocycles. The zero-order chi connectivity index (χ0) is 18.4. The van der Waals surface area contributed by atoms with Crippen molar-refractivity contribution in [1.29, 1.82) is 0 Å². The molecule has 1 fully saturated rings. The first-order valence-electron chi connectivity index (χ1n) is 8.96. The molecule has 138 valence electrons. The minimum absolute atomic E-state index is 0.0213. The summed E-state index contributed by atoms with van der Waals surface area (Å²) in [5.41, 5.74) is 1.05. The monoisotopic (exact) mass is 356 g/mol. The Morgan fingerprint density at radius 1 is 1.04 bits per heavy atom. The molecule has 0 aliphatic heterocycles. The molecule has 2 aromatic rings. The van der Waals surface area contributed by atoms with Crippen LogP contribution in [0.3, 0.4) is 0 Å². The van der Waals surface area contributed by atoms with Gasteiger partial charge in [0.25, 0.3) is 0 Å². The number of carboxylic acids is 1. The van der Waals surface area contributed by atoms with Crippen LogP contribution < -0.4 is 5.32 Å². The molecule has 2 amide bonds. The highest BCUT2D eigenvalue weighted by atomic mass is 16.4. The lowest BCUT2D eigenvalue weighted by Crippen LogP contribution is -2.45.